The highest BCUT2D eigenvalue weighted by molar-refractivity contribution is 5.84. The molecule has 1 aromatic rings. The minimum Gasteiger partial charge on any atom is -0.466 e. The first-order valence-electron chi connectivity index (χ1n) is 5.41. The molecule has 0 saturated heterocycles. The lowest BCUT2D eigenvalue weighted by Gasteiger charge is -2.03. The molecule has 0 atom stereocenters. The molecule has 1 heterocycles. The normalized spacial score (nSPS) is 10.1. The summed E-state index contributed by atoms with van der Waals surface area (Å²) in [5.41, 5.74) is 0.967. The van der Waals surface area contributed by atoms with Crippen LogP contribution in [0.15, 0.2) is 18.3 Å². The van der Waals surface area contributed by atoms with Gasteiger partial charge in [0.25, 0.3) is 0 Å². The number of ketones is 1. The number of esters is 1. The molecule has 0 aliphatic carbocycles. The van der Waals surface area contributed by atoms with Gasteiger partial charge in [-0.2, -0.15) is 0 Å². The van der Waals surface area contributed by atoms with Crippen LogP contribution in [0.25, 0.3) is 0 Å². The Hall–Kier alpha value is -1.58. The van der Waals surface area contributed by atoms with Crippen molar-refractivity contribution >= 4 is 11.8 Å². The van der Waals surface area contributed by atoms with Crippen molar-refractivity contribution in [2.45, 2.75) is 26.2 Å². The fraction of sp³-hybridized carbons (Fsp3) is 0.500. The van der Waals surface area contributed by atoms with Crippen molar-refractivity contribution in [2.75, 3.05) is 6.61 Å². The molecular weight excluding hydrogens is 206 g/mol. The van der Waals surface area contributed by atoms with Crippen LogP contribution in [-0.4, -0.2) is 22.9 Å². The Morgan fingerprint density at radius 2 is 2.12 bits per heavy atom. The molecule has 0 saturated carbocycles. The van der Waals surface area contributed by atoms with Crippen LogP contribution in [0, 0.1) is 0 Å². The summed E-state index contributed by atoms with van der Waals surface area (Å²) in [6.45, 7) is 2.12. The summed E-state index contributed by atoms with van der Waals surface area (Å²) in [6, 6.07) is 3.80. The summed E-state index contributed by atoms with van der Waals surface area (Å²) in [7, 11) is 1.90. The van der Waals surface area contributed by atoms with Gasteiger partial charge >= 0.3 is 5.97 Å². The topological polar surface area (TPSA) is 48.3 Å². The summed E-state index contributed by atoms with van der Waals surface area (Å²) < 4.78 is 6.66. The van der Waals surface area contributed by atoms with Crippen molar-refractivity contribution in [1.82, 2.24) is 4.57 Å². The number of Topliss-reactive ketones (excluding diaryl/α,β-unsaturated/α-hetero) is 1. The molecule has 0 aliphatic heterocycles. The number of rotatable bonds is 6. The van der Waals surface area contributed by atoms with Crippen LogP contribution in [0.1, 0.15) is 25.5 Å². The Balaban J connectivity index is 2.32. The van der Waals surface area contributed by atoms with E-state index >= 15 is 0 Å². The third kappa shape index (κ3) is 3.88. The van der Waals surface area contributed by atoms with Gasteiger partial charge in [-0.05, 0) is 19.1 Å². The molecule has 0 N–H and O–H groups in total. The largest absolute Gasteiger partial charge is 0.466 e. The lowest BCUT2D eigenvalue weighted by atomic mass is 10.1. The summed E-state index contributed by atoms with van der Waals surface area (Å²) >= 11 is 0. The number of hydrogen-bond acceptors (Lipinski definition) is 3. The van der Waals surface area contributed by atoms with E-state index in [-0.39, 0.29) is 24.6 Å². The Morgan fingerprint density at radius 3 is 2.69 bits per heavy atom. The molecule has 16 heavy (non-hydrogen) atoms. The average Bonchev–Trinajstić information content (AvgIpc) is 2.62. The van der Waals surface area contributed by atoms with Crippen molar-refractivity contribution < 1.29 is 14.3 Å². The van der Waals surface area contributed by atoms with E-state index < -0.39 is 0 Å². The molecule has 1 rings (SSSR count). The summed E-state index contributed by atoms with van der Waals surface area (Å²) in [5, 5.41) is 0. The molecule has 1 aromatic heterocycles. The van der Waals surface area contributed by atoms with Gasteiger partial charge < -0.3 is 9.30 Å². The molecule has 88 valence electrons. The molecule has 0 bridgehead atoms. The van der Waals surface area contributed by atoms with Gasteiger partial charge in [-0.3, -0.25) is 9.59 Å². The van der Waals surface area contributed by atoms with Gasteiger partial charge in [0.15, 0.2) is 0 Å². The standard InChI is InChI=1S/C12H17NO3/c1-3-16-12(15)7-6-11(14)9-10-5-4-8-13(10)2/h4-5,8H,3,6-7,9H2,1-2H3. The summed E-state index contributed by atoms with van der Waals surface area (Å²) in [4.78, 5) is 22.6. The van der Waals surface area contributed by atoms with Gasteiger partial charge in [0, 0.05) is 31.8 Å². The van der Waals surface area contributed by atoms with E-state index in [1.54, 1.807) is 6.92 Å². The van der Waals surface area contributed by atoms with Gasteiger partial charge in [0.1, 0.15) is 5.78 Å². The van der Waals surface area contributed by atoms with Gasteiger partial charge in [-0.1, -0.05) is 0 Å². The van der Waals surface area contributed by atoms with E-state index in [1.807, 2.05) is 29.9 Å². The second kappa shape index (κ2) is 6.10. The van der Waals surface area contributed by atoms with E-state index in [1.165, 1.54) is 0 Å². The Labute approximate surface area is 95.2 Å². The molecule has 0 aliphatic rings. The maximum Gasteiger partial charge on any atom is 0.306 e. The van der Waals surface area contributed by atoms with E-state index in [0.717, 1.165) is 5.69 Å². The maximum atomic E-state index is 11.6. The maximum absolute atomic E-state index is 11.6. The first kappa shape index (κ1) is 12.5. The summed E-state index contributed by atoms with van der Waals surface area (Å²) in [5.74, 6) is -0.238. The number of ether oxygens (including phenoxy) is 1. The quantitative estimate of drug-likeness (QED) is 0.686. The fourth-order valence-electron chi connectivity index (χ4n) is 1.45. The average molecular weight is 223 g/mol. The third-order valence-electron chi connectivity index (χ3n) is 2.34. The SMILES string of the molecule is CCOC(=O)CCC(=O)Cc1cccn1C. The van der Waals surface area contributed by atoms with E-state index in [4.69, 9.17) is 4.74 Å². The number of hydrogen-bond donors (Lipinski definition) is 0. The monoisotopic (exact) mass is 223 g/mol. The second-order valence-electron chi connectivity index (χ2n) is 3.63. The van der Waals surface area contributed by atoms with Crippen molar-refractivity contribution in [3.05, 3.63) is 24.0 Å². The molecule has 0 radical (unpaired) electrons. The zero-order valence-electron chi connectivity index (χ0n) is 9.73. The highest BCUT2D eigenvalue weighted by atomic mass is 16.5. The summed E-state index contributed by atoms with van der Waals surface area (Å²) in [6.07, 6.45) is 2.71. The molecule has 0 fully saturated rings. The van der Waals surface area contributed by atoms with Crippen LogP contribution < -0.4 is 0 Å². The number of aryl methyl sites for hydroxylation is 1. The van der Waals surface area contributed by atoms with Gasteiger partial charge in [0.05, 0.1) is 13.0 Å². The fourth-order valence-corrected chi connectivity index (χ4v) is 1.45. The molecule has 4 heteroatoms. The number of nitrogens with zero attached hydrogens (tertiary/aromatic N) is 1. The van der Waals surface area contributed by atoms with Crippen molar-refractivity contribution in [1.29, 1.82) is 0 Å². The van der Waals surface area contributed by atoms with Crippen molar-refractivity contribution in [2.24, 2.45) is 7.05 Å². The Kier molecular flexibility index (Phi) is 4.76. The van der Waals surface area contributed by atoms with Crippen LogP contribution in [0.4, 0.5) is 0 Å². The number of carbonyl (C=O) groups excluding carboxylic acids is 2. The molecule has 4 nitrogen and oxygen atoms in total. The first-order valence-corrected chi connectivity index (χ1v) is 5.41. The molecular formula is C12H17NO3. The smallest absolute Gasteiger partial charge is 0.306 e. The number of carbonyl (C=O) groups is 2. The lowest BCUT2D eigenvalue weighted by Crippen LogP contribution is -2.10. The number of aromatic nitrogens is 1. The zero-order valence-corrected chi connectivity index (χ0v) is 9.73. The molecule has 0 unspecified atom stereocenters. The predicted molar refractivity (Wildman–Crippen MR) is 60.0 cm³/mol. The zero-order chi connectivity index (χ0) is 12.0. The van der Waals surface area contributed by atoms with Crippen LogP contribution >= 0.6 is 0 Å². The first-order chi connectivity index (χ1) is 7.63. The lowest BCUT2D eigenvalue weighted by molar-refractivity contribution is -0.144. The minimum atomic E-state index is -0.303. The van der Waals surface area contributed by atoms with E-state index in [0.29, 0.717) is 13.0 Å². The molecule has 0 amide bonds. The highest BCUT2D eigenvalue weighted by Crippen LogP contribution is 2.04. The van der Waals surface area contributed by atoms with E-state index in [2.05, 4.69) is 0 Å². The van der Waals surface area contributed by atoms with Crippen LogP contribution in [0.3, 0.4) is 0 Å². The van der Waals surface area contributed by atoms with E-state index in [9.17, 15) is 9.59 Å². The predicted octanol–water partition coefficient (Wildman–Crippen LogP) is 1.48. The van der Waals surface area contributed by atoms with Crippen LogP contribution in [0.2, 0.25) is 0 Å². The van der Waals surface area contributed by atoms with Gasteiger partial charge in [-0.25, -0.2) is 0 Å². The van der Waals surface area contributed by atoms with Crippen molar-refractivity contribution in [3.8, 4) is 0 Å². The molecule has 0 spiro atoms. The van der Waals surface area contributed by atoms with Crippen LogP contribution in [0.5, 0.6) is 0 Å². The van der Waals surface area contributed by atoms with Crippen molar-refractivity contribution in [3.63, 3.8) is 0 Å². The molecule has 0 aromatic carbocycles. The Morgan fingerprint density at radius 1 is 1.38 bits per heavy atom. The van der Waals surface area contributed by atoms with Gasteiger partial charge in [0.2, 0.25) is 0 Å². The highest BCUT2D eigenvalue weighted by Gasteiger charge is 2.09. The Bertz CT molecular complexity index is 368. The van der Waals surface area contributed by atoms with Crippen LogP contribution in [-0.2, 0) is 27.8 Å². The van der Waals surface area contributed by atoms with Gasteiger partial charge in [-0.15, -0.1) is 0 Å². The second-order valence-corrected chi connectivity index (χ2v) is 3.63. The minimum absolute atomic E-state index is 0.0647. The third-order valence-corrected chi connectivity index (χ3v) is 2.34.